The van der Waals surface area contributed by atoms with Crippen molar-refractivity contribution in [2.75, 3.05) is 34.2 Å². The van der Waals surface area contributed by atoms with Gasteiger partial charge in [-0.25, -0.2) is 29.9 Å². The summed E-state index contributed by atoms with van der Waals surface area (Å²) in [4.78, 5) is 54.3. The molecule has 0 aliphatic carbocycles. The van der Waals surface area contributed by atoms with Crippen molar-refractivity contribution in [3.8, 4) is 34.2 Å². The van der Waals surface area contributed by atoms with E-state index in [1.807, 2.05) is 60.4 Å². The van der Waals surface area contributed by atoms with Crippen LogP contribution in [0.5, 0.6) is 0 Å². The molecule has 230 valence electrons. The second-order valence-electron chi connectivity index (χ2n) is 12.1. The van der Waals surface area contributed by atoms with Crippen LogP contribution in [0.2, 0.25) is 0 Å². The van der Waals surface area contributed by atoms with Crippen LogP contribution in [-0.2, 0) is 4.79 Å². The van der Waals surface area contributed by atoms with E-state index in [1.54, 1.807) is 31.0 Å². The Morgan fingerprint density at radius 1 is 0.756 bits per heavy atom. The van der Waals surface area contributed by atoms with Crippen LogP contribution in [0.4, 0.5) is 0 Å². The first-order valence-electron chi connectivity index (χ1n) is 15.4. The van der Waals surface area contributed by atoms with Crippen molar-refractivity contribution in [2.24, 2.45) is 0 Å². The second kappa shape index (κ2) is 12.3. The molecule has 2 saturated heterocycles. The Morgan fingerprint density at radius 3 is 1.82 bits per heavy atom. The number of hydrogen-bond acceptors (Lipinski definition) is 9. The number of nitrogens with one attached hydrogen (secondary N) is 2. The number of aromatic nitrogens is 8. The molecule has 1 amide bonds. The fourth-order valence-electron chi connectivity index (χ4n) is 6.50. The number of nitrogens with zero attached hydrogens (tertiary/aromatic N) is 9. The number of amides is 1. The number of rotatable bonds is 8. The third-order valence-electron chi connectivity index (χ3n) is 8.87. The molecule has 0 saturated carbocycles. The summed E-state index contributed by atoms with van der Waals surface area (Å²) in [5, 5.41) is 0. The van der Waals surface area contributed by atoms with Crippen LogP contribution >= 0.6 is 0 Å². The van der Waals surface area contributed by atoms with Crippen molar-refractivity contribution >= 4 is 5.91 Å². The topological polar surface area (TPSA) is 136 Å². The third-order valence-corrected chi connectivity index (χ3v) is 8.87. The zero-order valence-corrected chi connectivity index (χ0v) is 25.8. The summed E-state index contributed by atoms with van der Waals surface area (Å²) in [6.07, 6.45) is 14.7. The van der Waals surface area contributed by atoms with Crippen LogP contribution in [0, 0.1) is 0 Å². The van der Waals surface area contributed by atoms with Crippen molar-refractivity contribution in [1.29, 1.82) is 0 Å². The standard InChI is InChI=1S/C33H37N11O/c1-42(2)28(21-9-5-4-6-10-21)33(45)44-14-8-12-27(44)30-39-20-25(41-30)23-17-36-32(37-18-23)31-34-15-22(16-35-31)24-19-38-29(40-24)26-11-7-13-43(26)3/h4-6,9-10,15-20,26-28H,7-8,11-14H2,1-3H3,(H,38,40)(H,39,41)/t26-,27-,28+/m0/s1. The van der Waals surface area contributed by atoms with Gasteiger partial charge < -0.3 is 14.9 Å². The van der Waals surface area contributed by atoms with E-state index < -0.39 is 0 Å². The van der Waals surface area contributed by atoms with Crippen LogP contribution in [0.15, 0.2) is 67.5 Å². The molecule has 4 aromatic heterocycles. The first-order valence-corrected chi connectivity index (χ1v) is 15.4. The summed E-state index contributed by atoms with van der Waals surface area (Å²) in [6.45, 7) is 1.79. The quantitative estimate of drug-likeness (QED) is 0.264. The van der Waals surface area contributed by atoms with Gasteiger partial charge in [-0.15, -0.1) is 0 Å². The van der Waals surface area contributed by atoms with Gasteiger partial charge in [-0.1, -0.05) is 30.3 Å². The van der Waals surface area contributed by atoms with E-state index in [-0.39, 0.29) is 18.0 Å². The first-order chi connectivity index (χ1) is 22.0. The summed E-state index contributed by atoms with van der Waals surface area (Å²) in [7, 11) is 6.02. The fourth-order valence-corrected chi connectivity index (χ4v) is 6.50. The maximum atomic E-state index is 13.8. The number of carbonyl (C=O) groups is 1. The highest BCUT2D eigenvalue weighted by molar-refractivity contribution is 5.84. The van der Waals surface area contributed by atoms with Crippen LogP contribution in [0.3, 0.4) is 0 Å². The molecule has 12 heteroatoms. The smallest absolute Gasteiger partial charge is 0.245 e. The molecule has 7 rings (SSSR count). The van der Waals surface area contributed by atoms with Gasteiger partial charge in [-0.3, -0.25) is 14.6 Å². The Balaban J connectivity index is 1.04. The van der Waals surface area contributed by atoms with E-state index in [0.29, 0.717) is 24.2 Å². The van der Waals surface area contributed by atoms with Crippen LogP contribution in [0.25, 0.3) is 34.2 Å². The monoisotopic (exact) mass is 603 g/mol. The highest BCUT2D eigenvalue weighted by Gasteiger charge is 2.37. The lowest BCUT2D eigenvalue weighted by Crippen LogP contribution is -2.40. The summed E-state index contributed by atoms with van der Waals surface area (Å²) in [5.74, 6) is 2.71. The Labute approximate surface area is 262 Å². The number of likely N-dealkylation sites (N-methyl/N-ethyl adjacent to an activating group) is 1. The highest BCUT2D eigenvalue weighted by atomic mass is 16.2. The Hall–Kier alpha value is -4.81. The van der Waals surface area contributed by atoms with Crippen molar-refractivity contribution < 1.29 is 4.79 Å². The maximum absolute atomic E-state index is 13.8. The Morgan fingerprint density at radius 2 is 1.29 bits per heavy atom. The molecule has 0 unspecified atom stereocenters. The molecule has 0 bridgehead atoms. The number of hydrogen-bond donors (Lipinski definition) is 2. The fraction of sp³-hybridized carbons (Fsp3) is 0.364. The zero-order chi connectivity index (χ0) is 30.9. The minimum absolute atomic E-state index is 0.0831. The average molecular weight is 604 g/mol. The number of imidazole rings is 2. The third kappa shape index (κ3) is 5.74. The molecule has 0 radical (unpaired) electrons. The number of H-pyrrole nitrogens is 2. The predicted octanol–water partition coefficient (Wildman–Crippen LogP) is 4.45. The van der Waals surface area contributed by atoms with Gasteiger partial charge in [-0.2, -0.15) is 0 Å². The predicted molar refractivity (Wildman–Crippen MR) is 169 cm³/mol. The largest absolute Gasteiger partial charge is 0.341 e. The van der Waals surface area contributed by atoms with Gasteiger partial charge in [0.25, 0.3) is 0 Å². The molecule has 2 N–H and O–H groups in total. The molecule has 5 aromatic rings. The molecular formula is C33H37N11O. The molecule has 3 atom stereocenters. The highest BCUT2D eigenvalue weighted by Crippen LogP contribution is 2.35. The van der Waals surface area contributed by atoms with Crippen molar-refractivity contribution in [1.82, 2.24) is 54.6 Å². The lowest BCUT2D eigenvalue weighted by atomic mass is 10.0. The number of likely N-dealkylation sites (tertiary alicyclic amines) is 2. The SMILES string of the molecule is CN(C)[C@@H](C(=O)N1CCC[C@H]1c1ncc(-c2cnc(-c3ncc(-c4cnc([C@@H]5CCCN5C)[nH]4)cn3)nc2)[nH]1)c1ccccc1. The van der Waals surface area contributed by atoms with Gasteiger partial charge >= 0.3 is 0 Å². The van der Waals surface area contributed by atoms with Crippen LogP contribution in [-0.4, -0.2) is 94.7 Å². The van der Waals surface area contributed by atoms with Gasteiger partial charge in [0.05, 0.1) is 35.9 Å². The summed E-state index contributed by atoms with van der Waals surface area (Å²) in [5.41, 5.74) is 4.32. The normalized spacial score (nSPS) is 19.4. The molecule has 45 heavy (non-hydrogen) atoms. The summed E-state index contributed by atoms with van der Waals surface area (Å²) >= 11 is 0. The number of benzene rings is 1. The van der Waals surface area contributed by atoms with Gasteiger partial charge in [0.2, 0.25) is 5.91 Å². The van der Waals surface area contributed by atoms with Crippen molar-refractivity contribution in [2.45, 2.75) is 43.8 Å². The number of aromatic amines is 2. The molecular weight excluding hydrogens is 566 g/mol. The van der Waals surface area contributed by atoms with Crippen LogP contribution in [0.1, 0.15) is 61.0 Å². The van der Waals surface area contributed by atoms with Gasteiger partial charge in [-0.05, 0) is 58.9 Å². The van der Waals surface area contributed by atoms with Gasteiger partial charge in [0.15, 0.2) is 11.6 Å². The molecule has 1 aromatic carbocycles. The second-order valence-corrected chi connectivity index (χ2v) is 12.1. The lowest BCUT2D eigenvalue weighted by molar-refractivity contribution is -0.137. The minimum Gasteiger partial charge on any atom is -0.341 e. The average Bonchev–Trinajstić information content (AvgIpc) is 3.88. The summed E-state index contributed by atoms with van der Waals surface area (Å²) < 4.78 is 0. The first kappa shape index (κ1) is 28.9. The lowest BCUT2D eigenvalue weighted by Gasteiger charge is -2.31. The van der Waals surface area contributed by atoms with Crippen LogP contribution < -0.4 is 0 Å². The molecule has 2 aliphatic rings. The Kier molecular flexibility index (Phi) is 7.90. The van der Waals surface area contributed by atoms with E-state index in [9.17, 15) is 4.79 Å². The van der Waals surface area contributed by atoms with Crippen molar-refractivity contribution in [3.63, 3.8) is 0 Å². The van der Waals surface area contributed by atoms with E-state index in [0.717, 1.165) is 65.5 Å². The van der Waals surface area contributed by atoms with E-state index in [2.05, 4.69) is 51.8 Å². The zero-order valence-electron chi connectivity index (χ0n) is 25.8. The van der Waals surface area contributed by atoms with E-state index in [1.165, 1.54) is 6.42 Å². The molecule has 6 heterocycles. The molecule has 2 aliphatic heterocycles. The maximum Gasteiger partial charge on any atom is 0.245 e. The van der Waals surface area contributed by atoms with E-state index in [4.69, 9.17) is 0 Å². The Bertz CT molecular complexity index is 1750. The molecule has 2 fully saturated rings. The van der Waals surface area contributed by atoms with Gasteiger partial charge in [0, 0.05) is 42.5 Å². The van der Waals surface area contributed by atoms with Gasteiger partial charge in [0.1, 0.15) is 17.7 Å². The molecule has 12 nitrogen and oxygen atoms in total. The minimum atomic E-state index is -0.352. The van der Waals surface area contributed by atoms with Crippen molar-refractivity contribution in [3.05, 3.63) is 84.7 Å². The molecule has 0 spiro atoms. The van der Waals surface area contributed by atoms with E-state index >= 15 is 0 Å². The number of carbonyl (C=O) groups excluding carboxylic acids is 1. The summed E-state index contributed by atoms with van der Waals surface area (Å²) in [6, 6.07) is 9.78.